The molecule has 6 nitrogen and oxygen atoms in total. The first-order valence-electron chi connectivity index (χ1n) is 10.7. The predicted octanol–water partition coefficient (Wildman–Crippen LogP) is 3.33. The van der Waals surface area contributed by atoms with Crippen LogP contribution in [0.5, 0.6) is 5.75 Å². The average molecular weight is 408 g/mol. The fourth-order valence-electron chi connectivity index (χ4n) is 4.41. The first-order valence-corrected chi connectivity index (χ1v) is 10.7. The number of methoxy groups -OCH3 is 1. The van der Waals surface area contributed by atoms with Crippen molar-refractivity contribution in [2.24, 2.45) is 5.92 Å². The summed E-state index contributed by atoms with van der Waals surface area (Å²) in [5, 5.41) is 2.99. The van der Waals surface area contributed by atoms with E-state index >= 15 is 0 Å². The summed E-state index contributed by atoms with van der Waals surface area (Å²) in [4.78, 5) is 29.7. The molecule has 0 aliphatic carbocycles. The van der Waals surface area contributed by atoms with Gasteiger partial charge < -0.3 is 15.0 Å². The normalized spacial score (nSPS) is 17.3. The number of amides is 2. The molecule has 0 bridgehead atoms. The van der Waals surface area contributed by atoms with Gasteiger partial charge in [0, 0.05) is 18.2 Å². The lowest BCUT2D eigenvalue weighted by molar-refractivity contribution is -0.122. The number of likely N-dealkylation sites (tertiary alicyclic amines) is 1. The molecule has 2 aromatic rings. The molecule has 0 unspecified atom stereocenters. The van der Waals surface area contributed by atoms with Crippen LogP contribution in [0.3, 0.4) is 0 Å². The van der Waals surface area contributed by atoms with Gasteiger partial charge in [-0.3, -0.25) is 14.5 Å². The van der Waals surface area contributed by atoms with Crippen molar-refractivity contribution in [1.29, 1.82) is 0 Å². The summed E-state index contributed by atoms with van der Waals surface area (Å²) in [7, 11) is 1.60. The fraction of sp³-hybridized carbons (Fsp3) is 0.417. The quantitative estimate of drug-likeness (QED) is 0.826. The lowest BCUT2D eigenvalue weighted by atomic mass is 9.95. The van der Waals surface area contributed by atoms with Crippen LogP contribution in [0.2, 0.25) is 0 Å². The molecule has 0 aromatic heterocycles. The number of hydrogen-bond acceptors (Lipinski definition) is 4. The molecule has 30 heavy (non-hydrogen) atoms. The van der Waals surface area contributed by atoms with Crippen LogP contribution in [0, 0.1) is 5.92 Å². The number of nitrogens with zero attached hydrogens (tertiary/aromatic N) is 2. The molecule has 0 atom stereocenters. The molecule has 6 heteroatoms. The van der Waals surface area contributed by atoms with Gasteiger partial charge in [-0.25, -0.2) is 0 Å². The van der Waals surface area contributed by atoms with Gasteiger partial charge in [0.15, 0.2) is 0 Å². The van der Waals surface area contributed by atoms with Gasteiger partial charge in [0.05, 0.1) is 19.3 Å². The minimum Gasteiger partial charge on any atom is -0.495 e. The molecule has 2 heterocycles. The summed E-state index contributed by atoms with van der Waals surface area (Å²) in [5.41, 5.74) is 3.01. The standard InChI is InChI=1S/C24H29N3O3/c1-30-22-11-5-3-9-20(22)25-24(29)19-12-15-26(16-13-19)17-23(28)27-14-6-8-18-7-2-4-10-21(18)27/h2-5,7,9-11,19H,6,8,12-17H2,1H3,(H,25,29). The largest absolute Gasteiger partial charge is 0.495 e. The average Bonchev–Trinajstić information content (AvgIpc) is 2.79. The highest BCUT2D eigenvalue weighted by Gasteiger charge is 2.29. The molecule has 2 amide bonds. The third-order valence-corrected chi connectivity index (χ3v) is 6.09. The molecule has 0 radical (unpaired) electrons. The van der Waals surface area contributed by atoms with Crippen LogP contribution in [0.1, 0.15) is 24.8 Å². The third-order valence-electron chi connectivity index (χ3n) is 6.09. The molecule has 158 valence electrons. The van der Waals surface area contributed by atoms with Crippen molar-refractivity contribution in [2.45, 2.75) is 25.7 Å². The number of hydrogen-bond donors (Lipinski definition) is 1. The van der Waals surface area contributed by atoms with Crippen molar-refractivity contribution >= 4 is 23.2 Å². The molecule has 0 spiro atoms. The molecule has 0 saturated carbocycles. The van der Waals surface area contributed by atoms with Gasteiger partial charge in [0.25, 0.3) is 0 Å². The van der Waals surface area contributed by atoms with Crippen LogP contribution < -0.4 is 15.0 Å². The molecule has 4 rings (SSSR count). The second kappa shape index (κ2) is 9.30. The molecular formula is C24H29N3O3. The Labute approximate surface area is 177 Å². The van der Waals surface area contributed by atoms with Crippen molar-refractivity contribution in [3.8, 4) is 5.75 Å². The van der Waals surface area contributed by atoms with Crippen LogP contribution in [-0.2, 0) is 16.0 Å². The Morgan fingerprint density at radius 2 is 1.77 bits per heavy atom. The van der Waals surface area contributed by atoms with Gasteiger partial charge in [-0.1, -0.05) is 30.3 Å². The summed E-state index contributed by atoms with van der Waals surface area (Å²) < 4.78 is 5.31. The number of ether oxygens (including phenoxy) is 1. The van der Waals surface area contributed by atoms with Crippen LogP contribution in [0.25, 0.3) is 0 Å². The number of carbonyl (C=O) groups is 2. The maximum atomic E-state index is 12.9. The number of rotatable bonds is 5. The number of anilines is 2. The van der Waals surface area contributed by atoms with Crippen LogP contribution >= 0.6 is 0 Å². The van der Waals surface area contributed by atoms with Gasteiger partial charge in [0.2, 0.25) is 11.8 Å². The minimum absolute atomic E-state index is 0.0236. The molecule has 2 aliphatic heterocycles. The second-order valence-corrected chi connectivity index (χ2v) is 8.02. The van der Waals surface area contributed by atoms with E-state index in [9.17, 15) is 9.59 Å². The number of benzene rings is 2. The Balaban J connectivity index is 1.30. The Hall–Kier alpha value is -2.86. The van der Waals surface area contributed by atoms with E-state index in [-0.39, 0.29) is 17.7 Å². The van der Waals surface area contributed by atoms with E-state index < -0.39 is 0 Å². The van der Waals surface area contributed by atoms with E-state index in [1.165, 1.54) is 5.56 Å². The fourth-order valence-corrected chi connectivity index (χ4v) is 4.41. The number of carbonyl (C=O) groups excluding carboxylic acids is 2. The molecular weight excluding hydrogens is 378 g/mol. The summed E-state index contributed by atoms with van der Waals surface area (Å²) in [6, 6.07) is 15.6. The predicted molar refractivity (Wildman–Crippen MR) is 118 cm³/mol. The lowest BCUT2D eigenvalue weighted by Crippen LogP contribution is -2.46. The van der Waals surface area contributed by atoms with E-state index in [1.54, 1.807) is 7.11 Å². The van der Waals surface area contributed by atoms with Gasteiger partial charge in [-0.05, 0) is 62.5 Å². The van der Waals surface area contributed by atoms with Crippen LogP contribution in [-0.4, -0.2) is 50.0 Å². The maximum Gasteiger partial charge on any atom is 0.241 e. The van der Waals surface area contributed by atoms with Crippen LogP contribution in [0.4, 0.5) is 11.4 Å². The number of fused-ring (bicyclic) bond motifs is 1. The SMILES string of the molecule is COc1ccccc1NC(=O)C1CCN(CC(=O)N2CCCc3ccccc32)CC1. The third kappa shape index (κ3) is 4.49. The van der Waals surface area contributed by atoms with Gasteiger partial charge in [-0.2, -0.15) is 0 Å². The van der Waals surface area contributed by atoms with Gasteiger partial charge in [-0.15, -0.1) is 0 Å². The highest BCUT2D eigenvalue weighted by Crippen LogP contribution is 2.28. The molecule has 2 aromatic carbocycles. The van der Waals surface area contributed by atoms with E-state index in [2.05, 4.69) is 16.3 Å². The number of aryl methyl sites for hydroxylation is 1. The molecule has 2 aliphatic rings. The smallest absolute Gasteiger partial charge is 0.241 e. The second-order valence-electron chi connectivity index (χ2n) is 8.02. The van der Waals surface area contributed by atoms with Crippen molar-refractivity contribution in [2.75, 3.05) is 43.5 Å². The lowest BCUT2D eigenvalue weighted by Gasteiger charge is -2.34. The molecule has 1 saturated heterocycles. The number of nitrogens with one attached hydrogen (secondary N) is 1. The van der Waals surface area contributed by atoms with E-state index in [0.29, 0.717) is 18.0 Å². The number of piperidine rings is 1. The Morgan fingerprint density at radius 1 is 1.03 bits per heavy atom. The number of para-hydroxylation sites is 3. The van der Waals surface area contributed by atoms with Crippen molar-refractivity contribution in [1.82, 2.24) is 4.90 Å². The van der Waals surface area contributed by atoms with Crippen molar-refractivity contribution in [3.63, 3.8) is 0 Å². The molecule has 1 fully saturated rings. The van der Waals surface area contributed by atoms with Gasteiger partial charge >= 0.3 is 0 Å². The summed E-state index contributed by atoms with van der Waals surface area (Å²) >= 11 is 0. The summed E-state index contributed by atoms with van der Waals surface area (Å²) in [5.74, 6) is 0.794. The van der Waals surface area contributed by atoms with Crippen LogP contribution in [0.15, 0.2) is 48.5 Å². The van der Waals surface area contributed by atoms with Gasteiger partial charge in [0.1, 0.15) is 5.75 Å². The Bertz CT molecular complexity index is 906. The first kappa shape index (κ1) is 20.4. The van der Waals surface area contributed by atoms with E-state index in [4.69, 9.17) is 4.74 Å². The maximum absolute atomic E-state index is 12.9. The summed E-state index contributed by atoms with van der Waals surface area (Å²) in [6.07, 6.45) is 3.55. The van der Waals surface area contributed by atoms with Crippen molar-refractivity contribution in [3.05, 3.63) is 54.1 Å². The topological polar surface area (TPSA) is 61.9 Å². The molecule has 1 N–H and O–H groups in total. The monoisotopic (exact) mass is 407 g/mol. The highest BCUT2D eigenvalue weighted by molar-refractivity contribution is 5.96. The zero-order valence-electron chi connectivity index (χ0n) is 17.5. The zero-order valence-corrected chi connectivity index (χ0v) is 17.5. The highest BCUT2D eigenvalue weighted by atomic mass is 16.5. The summed E-state index contributed by atoms with van der Waals surface area (Å²) in [6.45, 7) is 2.71. The Morgan fingerprint density at radius 3 is 2.57 bits per heavy atom. The minimum atomic E-state index is -0.0445. The Kier molecular flexibility index (Phi) is 6.33. The zero-order chi connectivity index (χ0) is 20.9. The van der Waals surface area contributed by atoms with E-state index in [1.807, 2.05) is 47.4 Å². The van der Waals surface area contributed by atoms with E-state index in [0.717, 1.165) is 51.0 Å². The first-order chi connectivity index (χ1) is 14.7. The van der Waals surface area contributed by atoms with Crippen molar-refractivity contribution < 1.29 is 14.3 Å².